The van der Waals surface area contributed by atoms with Crippen molar-refractivity contribution in [1.29, 1.82) is 0 Å². The quantitative estimate of drug-likeness (QED) is 0.591. The molecule has 0 saturated carbocycles. The van der Waals surface area contributed by atoms with E-state index in [1.54, 1.807) is 11.1 Å². The third-order valence-electron chi connectivity index (χ3n) is 6.09. The number of hydrogen-bond donors (Lipinski definition) is 0. The summed E-state index contributed by atoms with van der Waals surface area (Å²) in [6.07, 6.45) is 21.8. The Morgan fingerprint density at radius 2 is 1.12 bits per heavy atom. The van der Waals surface area contributed by atoms with Crippen molar-refractivity contribution in [2.45, 2.75) is 71.7 Å². The summed E-state index contributed by atoms with van der Waals surface area (Å²) >= 11 is -1.48. The zero-order valence-electron chi connectivity index (χ0n) is 16.9. The fraction of sp³-hybridized carbons (Fsp3) is 0.636. The predicted molar refractivity (Wildman–Crippen MR) is 106 cm³/mol. The van der Waals surface area contributed by atoms with Gasteiger partial charge in [-0.25, -0.2) is 0 Å². The summed E-state index contributed by atoms with van der Waals surface area (Å²) in [6, 6.07) is 0. The molecule has 0 bridgehead atoms. The topological polar surface area (TPSA) is 46.1 Å². The van der Waals surface area contributed by atoms with Crippen LogP contribution >= 0.6 is 0 Å². The summed E-state index contributed by atoms with van der Waals surface area (Å²) in [4.78, 5) is 0. The molecule has 0 saturated heterocycles. The van der Waals surface area contributed by atoms with Gasteiger partial charge in [0.15, 0.2) is 0 Å². The van der Waals surface area contributed by atoms with Crippen molar-refractivity contribution in [3.63, 3.8) is 0 Å². The Hall–Kier alpha value is -0.0200. The molecule has 2 nitrogen and oxygen atoms in total. The van der Waals surface area contributed by atoms with Gasteiger partial charge in [0.1, 0.15) is 0 Å². The van der Waals surface area contributed by atoms with E-state index in [0.29, 0.717) is 0 Å². The van der Waals surface area contributed by atoms with E-state index >= 15 is 0 Å². The van der Waals surface area contributed by atoms with Crippen LogP contribution in [-0.4, -0.2) is 19.7 Å². The Morgan fingerprint density at radius 1 is 0.731 bits per heavy atom. The van der Waals surface area contributed by atoms with E-state index in [2.05, 4.69) is 37.4 Å². The van der Waals surface area contributed by atoms with Gasteiger partial charge in [0.25, 0.3) is 0 Å². The van der Waals surface area contributed by atoms with Gasteiger partial charge in [-0.05, 0) is 0 Å². The van der Waals surface area contributed by atoms with E-state index in [4.69, 9.17) is 10.2 Å². The first-order valence-corrected chi connectivity index (χ1v) is 19.1. The molecule has 142 valence electrons. The summed E-state index contributed by atoms with van der Waals surface area (Å²) in [7, 11) is 1.50. The third kappa shape index (κ3) is 4.69. The molecular formula is C22H34O2SiZr. The molecule has 4 rings (SSSR count). The molecule has 2 atom stereocenters. The Balaban J connectivity index is 0.000000570. The fourth-order valence-electron chi connectivity index (χ4n) is 5.05. The van der Waals surface area contributed by atoms with Crippen LogP contribution < -0.4 is 10.2 Å². The molecule has 2 unspecified atom stereocenters. The molecule has 0 radical (unpaired) electrons. The van der Waals surface area contributed by atoms with Crippen molar-refractivity contribution >= 4 is 5.43 Å². The van der Waals surface area contributed by atoms with E-state index in [-0.39, 0.29) is 5.43 Å². The molecule has 0 amide bonds. The van der Waals surface area contributed by atoms with E-state index in [0.717, 1.165) is 21.5 Å². The summed E-state index contributed by atoms with van der Waals surface area (Å²) in [5.41, 5.74) is 7.25. The molecule has 0 N–H and O–H groups in total. The van der Waals surface area contributed by atoms with Gasteiger partial charge >= 0.3 is 144 Å². The average molecular weight is 450 g/mol. The molecule has 4 heteroatoms. The fourth-order valence-corrected chi connectivity index (χ4v) is 24.6. The monoisotopic (exact) mass is 448 g/mol. The Labute approximate surface area is 168 Å². The second kappa shape index (κ2) is 11.1. The average Bonchev–Trinajstić information content (AvgIpc) is 3.31. The first kappa shape index (κ1) is 22.3. The van der Waals surface area contributed by atoms with E-state index in [1.165, 1.54) is 51.4 Å². The van der Waals surface area contributed by atoms with Crippen molar-refractivity contribution in [3.05, 3.63) is 46.6 Å². The predicted octanol–water partition coefficient (Wildman–Crippen LogP) is 4.27. The third-order valence-corrected chi connectivity index (χ3v) is 25.4. The van der Waals surface area contributed by atoms with Gasteiger partial charge in [0.05, 0.1) is 0 Å². The van der Waals surface area contributed by atoms with Crippen LogP contribution in [0.4, 0.5) is 0 Å². The van der Waals surface area contributed by atoms with Crippen LogP contribution in [0.3, 0.4) is 0 Å². The van der Waals surface area contributed by atoms with Crippen molar-refractivity contribution in [2.75, 3.05) is 14.2 Å². The van der Waals surface area contributed by atoms with Gasteiger partial charge in [-0.1, -0.05) is 0 Å². The molecular weight excluding hydrogens is 416 g/mol. The van der Waals surface area contributed by atoms with Gasteiger partial charge < -0.3 is 10.2 Å². The van der Waals surface area contributed by atoms with Gasteiger partial charge in [-0.15, -0.1) is 0 Å². The molecule has 0 spiro atoms. The van der Waals surface area contributed by atoms with Gasteiger partial charge in [-0.3, -0.25) is 0 Å². The van der Waals surface area contributed by atoms with Crippen LogP contribution in [-0.2, 0) is 20.4 Å². The maximum absolute atomic E-state index is 8.25. The Kier molecular flexibility index (Phi) is 9.50. The Morgan fingerprint density at radius 3 is 1.50 bits per heavy atom. The van der Waals surface area contributed by atoms with E-state index < -0.39 is 20.4 Å². The van der Waals surface area contributed by atoms with Crippen molar-refractivity contribution in [3.8, 4) is 0 Å². The van der Waals surface area contributed by atoms with Gasteiger partial charge in [-0.2, -0.15) is 14.2 Å². The molecule has 0 fully saturated rings. The SMILES string of the molecule is C[O-].C[O-].C[Si](C)=[Zr+2]([CH]1C=CC2=C1CCCC2)[CH]1C=CC2=C1CCCC2. The second-order valence-corrected chi connectivity index (χ2v) is 25.7. The van der Waals surface area contributed by atoms with E-state index in [1.807, 2.05) is 11.1 Å². The first-order valence-electron chi connectivity index (χ1n) is 10.0. The molecule has 26 heavy (non-hydrogen) atoms. The molecule has 4 aliphatic carbocycles. The summed E-state index contributed by atoms with van der Waals surface area (Å²) in [6.45, 7) is 5.29. The molecule has 0 aromatic rings. The minimum atomic E-state index is -1.48. The zero-order chi connectivity index (χ0) is 19.1. The van der Waals surface area contributed by atoms with Crippen molar-refractivity contribution in [1.82, 2.24) is 0 Å². The van der Waals surface area contributed by atoms with Gasteiger partial charge in [0.2, 0.25) is 0 Å². The molecule has 4 aliphatic rings. The normalized spacial score (nSPS) is 25.4. The first-order chi connectivity index (χ1) is 12.8. The van der Waals surface area contributed by atoms with Crippen molar-refractivity contribution < 1.29 is 30.6 Å². The van der Waals surface area contributed by atoms with Crippen LogP contribution in [0.2, 0.25) is 20.3 Å². The van der Waals surface area contributed by atoms with Crippen molar-refractivity contribution in [2.24, 2.45) is 0 Å². The second-order valence-electron chi connectivity index (χ2n) is 7.64. The van der Waals surface area contributed by atoms with Crippen LogP contribution in [0, 0.1) is 0 Å². The number of allylic oxidation sites excluding steroid dienone is 8. The van der Waals surface area contributed by atoms with Crippen LogP contribution in [0.25, 0.3) is 0 Å². The molecule has 0 aromatic heterocycles. The number of hydrogen-bond acceptors (Lipinski definition) is 2. The standard InChI is InChI=1S/2C9H11.C2H6Si.2CH3O.Zr/c2*1-2-5-9-7-3-6-8(9)4-1;1-3-2;2*1-2;/h2*3,6-7H,1-2,4-5H2;1-2H3;2*1H3;/q;;;2*-1;+2. The molecule has 0 aliphatic heterocycles. The molecule has 0 heterocycles. The Bertz CT molecular complexity index is 601. The van der Waals surface area contributed by atoms with Crippen LogP contribution in [0.1, 0.15) is 51.4 Å². The van der Waals surface area contributed by atoms with Crippen LogP contribution in [0.5, 0.6) is 0 Å². The summed E-state index contributed by atoms with van der Waals surface area (Å²) in [5, 5.41) is 16.5. The summed E-state index contributed by atoms with van der Waals surface area (Å²) < 4.78 is 1.93. The zero-order valence-corrected chi connectivity index (χ0v) is 20.4. The molecule has 0 aromatic carbocycles. The van der Waals surface area contributed by atoms with Gasteiger partial charge in [0, 0.05) is 0 Å². The van der Waals surface area contributed by atoms with Crippen LogP contribution in [0.15, 0.2) is 46.6 Å². The minimum absolute atomic E-state index is 0.112. The maximum atomic E-state index is 8.25. The number of rotatable bonds is 2. The summed E-state index contributed by atoms with van der Waals surface area (Å²) in [5.74, 6) is 0. The van der Waals surface area contributed by atoms with E-state index in [9.17, 15) is 0 Å².